The van der Waals surface area contributed by atoms with E-state index in [1.165, 1.54) is 12.1 Å². The largest absolute Gasteiger partial charge is 0.379 e. The lowest BCUT2D eigenvalue weighted by Gasteiger charge is -2.41. The molecule has 1 aromatic heterocycles. The number of halogens is 1. The van der Waals surface area contributed by atoms with E-state index in [4.69, 9.17) is 4.74 Å². The van der Waals surface area contributed by atoms with Crippen molar-refractivity contribution in [1.29, 1.82) is 0 Å². The normalized spacial score (nSPS) is 17.4. The molecule has 1 N–H and O–H groups in total. The number of rotatable bonds is 6. The van der Waals surface area contributed by atoms with Crippen LogP contribution in [0.5, 0.6) is 0 Å². The molecule has 0 bridgehead atoms. The number of nitrogens with zero attached hydrogens (tertiary/aromatic N) is 2. The van der Waals surface area contributed by atoms with Gasteiger partial charge in [0.05, 0.1) is 19.3 Å². The van der Waals surface area contributed by atoms with Crippen molar-refractivity contribution < 1.29 is 9.13 Å². The van der Waals surface area contributed by atoms with E-state index in [0.717, 1.165) is 44.0 Å². The molecule has 1 aromatic carbocycles. The Kier molecular flexibility index (Phi) is 5.78. The average Bonchev–Trinajstić information content (AvgIpc) is 2.65. The summed E-state index contributed by atoms with van der Waals surface area (Å²) in [6.45, 7) is 8.79. The van der Waals surface area contributed by atoms with E-state index in [0.29, 0.717) is 0 Å². The minimum Gasteiger partial charge on any atom is -0.379 e. The van der Waals surface area contributed by atoms with E-state index in [-0.39, 0.29) is 17.4 Å². The number of nitrogens with one attached hydrogen (secondary N) is 1. The molecular weight excluding hydrogens is 317 g/mol. The first-order chi connectivity index (χ1) is 12.1. The highest BCUT2D eigenvalue weighted by molar-refractivity contribution is 5.30. The van der Waals surface area contributed by atoms with Crippen LogP contribution in [0.2, 0.25) is 0 Å². The van der Waals surface area contributed by atoms with E-state index in [9.17, 15) is 4.39 Å². The van der Waals surface area contributed by atoms with Gasteiger partial charge in [-0.1, -0.05) is 12.1 Å². The second-order valence-corrected chi connectivity index (χ2v) is 7.06. The molecule has 0 saturated carbocycles. The van der Waals surface area contributed by atoms with E-state index in [1.54, 1.807) is 12.4 Å². The van der Waals surface area contributed by atoms with Gasteiger partial charge in [0.25, 0.3) is 0 Å². The Labute approximate surface area is 149 Å². The van der Waals surface area contributed by atoms with Gasteiger partial charge in [0.15, 0.2) is 0 Å². The number of pyridine rings is 1. The Hall–Kier alpha value is -1.82. The first-order valence-electron chi connectivity index (χ1n) is 8.78. The maximum absolute atomic E-state index is 13.3. The molecule has 0 aliphatic carbocycles. The van der Waals surface area contributed by atoms with Crippen molar-refractivity contribution in [1.82, 2.24) is 15.2 Å². The summed E-state index contributed by atoms with van der Waals surface area (Å²) >= 11 is 0. The van der Waals surface area contributed by atoms with E-state index in [2.05, 4.69) is 29.0 Å². The molecule has 1 aliphatic heterocycles. The zero-order chi connectivity index (χ0) is 17.7. The van der Waals surface area contributed by atoms with Crippen LogP contribution in [0, 0.1) is 5.82 Å². The predicted molar refractivity (Wildman–Crippen MR) is 97.0 cm³/mol. The smallest absolute Gasteiger partial charge is 0.123 e. The number of morpholine rings is 1. The van der Waals surface area contributed by atoms with Crippen LogP contribution in [0.25, 0.3) is 0 Å². The third kappa shape index (κ3) is 4.63. The summed E-state index contributed by atoms with van der Waals surface area (Å²) in [4.78, 5) is 6.56. The molecule has 3 rings (SSSR count). The maximum atomic E-state index is 13.3. The molecule has 25 heavy (non-hydrogen) atoms. The summed E-state index contributed by atoms with van der Waals surface area (Å²) in [6.07, 6.45) is 3.58. The molecule has 0 amide bonds. The Balaban J connectivity index is 1.77. The van der Waals surface area contributed by atoms with Crippen molar-refractivity contribution in [3.63, 3.8) is 0 Å². The third-order valence-electron chi connectivity index (χ3n) is 4.85. The summed E-state index contributed by atoms with van der Waals surface area (Å²) in [7, 11) is 0. The second-order valence-electron chi connectivity index (χ2n) is 7.06. The Morgan fingerprint density at radius 3 is 2.32 bits per heavy atom. The van der Waals surface area contributed by atoms with Gasteiger partial charge in [-0.25, -0.2) is 4.39 Å². The molecule has 1 aliphatic rings. The molecule has 0 spiro atoms. The number of ether oxygens (including phenoxy) is 1. The second kappa shape index (κ2) is 8.04. The quantitative estimate of drug-likeness (QED) is 0.875. The van der Waals surface area contributed by atoms with E-state index < -0.39 is 0 Å². The van der Waals surface area contributed by atoms with Crippen LogP contribution < -0.4 is 5.32 Å². The van der Waals surface area contributed by atoms with Crippen LogP contribution in [0.3, 0.4) is 0 Å². The zero-order valence-electron chi connectivity index (χ0n) is 14.9. The molecular formula is C20H26FN3O. The van der Waals surface area contributed by atoms with Gasteiger partial charge in [0.2, 0.25) is 0 Å². The monoisotopic (exact) mass is 343 g/mol. The van der Waals surface area contributed by atoms with Gasteiger partial charge in [-0.15, -0.1) is 0 Å². The summed E-state index contributed by atoms with van der Waals surface area (Å²) in [5.41, 5.74) is 2.18. The van der Waals surface area contributed by atoms with E-state index in [1.807, 2.05) is 24.3 Å². The topological polar surface area (TPSA) is 37.4 Å². The molecule has 2 heterocycles. The summed E-state index contributed by atoms with van der Waals surface area (Å²) < 4.78 is 18.8. The molecule has 4 nitrogen and oxygen atoms in total. The summed E-state index contributed by atoms with van der Waals surface area (Å²) in [6, 6.07) is 10.7. The molecule has 134 valence electrons. The van der Waals surface area contributed by atoms with Crippen LogP contribution in [-0.4, -0.2) is 48.3 Å². The van der Waals surface area contributed by atoms with Gasteiger partial charge < -0.3 is 10.1 Å². The molecule has 1 atom stereocenters. The number of aromatic nitrogens is 1. The number of hydrogen-bond acceptors (Lipinski definition) is 4. The van der Waals surface area contributed by atoms with Crippen LogP contribution >= 0.6 is 0 Å². The Morgan fingerprint density at radius 1 is 1.08 bits per heavy atom. The van der Waals surface area contributed by atoms with Gasteiger partial charge in [-0.3, -0.25) is 9.88 Å². The first-order valence-corrected chi connectivity index (χ1v) is 8.78. The van der Waals surface area contributed by atoms with Crippen molar-refractivity contribution in [3.8, 4) is 0 Å². The molecule has 1 fully saturated rings. The standard InChI is InChI=1S/C20H26FN3O/c1-20(2,24-11-13-25-14-12-24)15-23-19(17-7-9-22-10-8-17)16-3-5-18(21)6-4-16/h3-10,19,23H,11-15H2,1-2H3/t19-/m1/s1. The highest BCUT2D eigenvalue weighted by atomic mass is 19.1. The fourth-order valence-corrected chi connectivity index (χ4v) is 3.27. The molecule has 5 heteroatoms. The first kappa shape index (κ1) is 18.0. The highest BCUT2D eigenvalue weighted by Crippen LogP contribution is 2.24. The van der Waals surface area contributed by atoms with Crippen LogP contribution in [-0.2, 0) is 4.74 Å². The molecule has 0 unspecified atom stereocenters. The average molecular weight is 343 g/mol. The van der Waals surface area contributed by atoms with Crippen molar-refractivity contribution >= 4 is 0 Å². The fraction of sp³-hybridized carbons (Fsp3) is 0.450. The van der Waals surface area contributed by atoms with Crippen LogP contribution in [0.4, 0.5) is 4.39 Å². The zero-order valence-corrected chi connectivity index (χ0v) is 14.9. The number of benzene rings is 1. The van der Waals surface area contributed by atoms with Gasteiger partial charge in [0.1, 0.15) is 5.82 Å². The molecule has 2 aromatic rings. The SMILES string of the molecule is CC(C)(CN[C@@H](c1ccncc1)c1ccc(F)cc1)N1CCOCC1. The molecule has 0 radical (unpaired) electrons. The van der Waals surface area contributed by atoms with Crippen molar-refractivity contribution in [2.75, 3.05) is 32.8 Å². The van der Waals surface area contributed by atoms with Gasteiger partial charge >= 0.3 is 0 Å². The lowest BCUT2D eigenvalue weighted by molar-refractivity contribution is -0.0101. The summed E-state index contributed by atoms with van der Waals surface area (Å²) in [5.74, 6) is -0.217. The highest BCUT2D eigenvalue weighted by Gasteiger charge is 2.29. The van der Waals surface area contributed by atoms with Crippen LogP contribution in [0.1, 0.15) is 31.0 Å². The predicted octanol–water partition coefficient (Wildman–Crippen LogP) is 3.01. The maximum Gasteiger partial charge on any atom is 0.123 e. The number of hydrogen-bond donors (Lipinski definition) is 1. The van der Waals surface area contributed by atoms with Crippen molar-refractivity contribution in [2.24, 2.45) is 0 Å². The van der Waals surface area contributed by atoms with Crippen LogP contribution in [0.15, 0.2) is 48.8 Å². The van der Waals surface area contributed by atoms with Gasteiger partial charge in [0, 0.05) is 37.6 Å². The van der Waals surface area contributed by atoms with Gasteiger partial charge in [-0.05, 0) is 49.2 Å². The lowest BCUT2D eigenvalue weighted by atomic mass is 9.96. The molecule has 1 saturated heterocycles. The van der Waals surface area contributed by atoms with Gasteiger partial charge in [-0.2, -0.15) is 0 Å². The van der Waals surface area contributed by atoms with Crippen molar-refractivity contribution in [3.05, 3.63) is 65.7 Å². The Bertz CT molecular complexity index is 654. The third-order valence-corrected chi connectivity index (χ3v) is 4.85. The minimum atomic E-state index is -0.217. The minimum absolute atomic E-state index is 0.00363. The lowest BCUT2D eigenvalue weighted by Crippen LogP contribution is -2.55. The summed E-state index contributed by atoms with van der Waals surface area (Å²) in [5, 5.41) is 3.68. The fourth-order valence-electron chi connectivity index (χ4n) is 3.27. The Morgan fingerprint density at radius 2 is 1.68 bits per heavy atom. The van der Waals surface area contributed by atoms with Crippen molar-refractivity contribution in [2.45, 2.75) is 25.4 Å². The van der Waals surface area contributed by atoms with E-state index >= 15 is 0 Å².